The van der Waals surface area contributed by atoms with E-state index < -0.39 is 5.97 Å². The van der Waals surface area contributed by atoms with Crippen LogP contribution in [0.15, 0.2) is 18.2 Å². The Labute approximate surface area is 129 Å². The first kappa shape index (κ1) is 15.9. The number of nitrogens with zero attached hydrogens (tertiary/aromatic N) is 1. The molecule has 0 saturated carbocycles. The fourth-order valence-electron chi connectivity index (χ4n) is 2.55. The SMILES string of the molecule is CC(=O)NCCCn1c(C)ccc1-c1[nH]c(C)cc1C(=O)O. The van der Waals surface area contributed by atoms with Crippen LogP contribution in [-0.4, -0.2) is 33.1 Å². The van der Waals surface area contributed by atoms with Crippen LogP contribution in [0.5, 0.6) is 0 Å². The number of amides is 1. The zero-order chi connectivity index (χ0) is 16.3. The van der Waals surface area contributed by atoms with Gasteiger partial charge in [0.05, 0.1) is 17.0 Å². The highest BCUT2D eigenvalue weighted by Gasteiger charge is 2.18. The Morgan fingerprint density at radius 3 is 2.68 bits per heavy atom. The lowest BCUT2D eigenvalue weighted by molar-refractivity contribution is -0.118. The number of aromatic amines is 1. The quantitative estimate of drug-likeness (QED) is 0.716. The molecule has 3 N–H and O–H groups in total. The molecule has 0 spiro atoms. The predicted molar refractivity (Wildman–Crippen MR) is 84.0 cm³/mol. The van der Waals surface area contributed by atoms with E-state index in [1.54, 1.807) is 6.07 Å². The fraction of sp³-hybridized carbons (Fsp3) is 0.375. The van der Waals surface area contributed by atoms with Crippen molar-refractivity contribution in [3.8, 4) is 11.4 Å². The van der Waals surface area contributed by atoms with Crippen molar-refractivity contribution in [2.24, 2.45) is 0 Å². The smallest absolute Gasteiger partial charge is 0.337 e. The molecule has 0 aliphatic rings. The molecular weight excluding hydrogens is 282 g/mol. The number of hydrogen-bond acceptors (Lipinski definition) is 2. The largest absolute Gasteiger partial charge is 0.478 e. The van der Waals surface area contributed by atoms with E-state index in [-0.39, 0.29) is 11.5 Å². The van der Waals surface area contributed by atoms with Crippen molar-refractivity contribution < 1.29 is 14.7 Å². The highest BCUT2D eigenvalue weighted by Crippen LogP contribution is 2.26. The van der Waals surface area contributed by atoms with Gasteiger partial charge in [-0.3, -0.25) is 4.79 Å². The van der Waals surface area contributed by atoms with Gasteiger partial charge in [-0.15, -0.1) is 0 Å². The van der Waals surface area contributed by atoms with Gasteiger partial charge in [0.2, 0.25) is 5.91 Å². The topological polar surface area (TPSA) is 87.1 Å². The summed E-state index contributed by atoms with van der Waals surface area (Å²) in [6.07, 6.45) is 0.782. The van der Waals surface area contributed by atoms with Crippen LogP contribution in [0.25, 0.3) is 11.4 Å². The number of nitrogens with one attached hydrogen (secondary N) is 2. The number of hydrogen-bond donors (Lipinski definition) is 3. The van der Waals surface area contributed by atoms with Crippen molar-refractivity contribution in [2.45, 2.75) is 33.7 Å². The minimum atomic E-state index is -0.942. The van der Waals surface area contributed by atoms with E-state index in [0.29, 0.717) is 18.8 Å². The van der Waals surface area contributed by atoms with Crippen LogP contribution in [0.4, 0.5) is 0 Å². The fourth-order valence-corrected chi connectivity index (χ4v) is 2.55. The van der Waals surface area contributed by atoms with Crippen molar-refractivity contribution in [1.29, 1.82) is 0 Å². The van der Waals surface area contributed by atoms with Crippen molar-refractivity contribution in [3.05, 3.63) is 35.2 Å². The maximum absolute atomic E-state index is 11.4. The molecule has 0 fully saturated rings. The molecule has 0 aromatic carbocycles. The van der Waals surface area contributed by atoms with Gasteiger partial charge in [0.25, 0.3) is 0 Å². The first-order valence-corrected chi connectivity index (χ1v) is 7.24. The van der Waals surface area contributed by atoms with Crippen molar-refractivity contribution in [1.82, 2.24) is 14.9 Å². The van der Waals surface area contributed by atoms with Gasteiger partial charge in [0, 0.05) is 31.4 Å². The Morgan fingerprint density at radius 1 is 1.32 bits per heavy atom. The average molecular weight is 303 g/mol. The molecule has 6 heteroatoms. The first-order valence-electron chi connectivity index (χ1n) is 7.24. The summed E-state index contributed by atoms with van der Waals surface area (Å²) in [5, 5.41) is 12.1. The zero-order valence-corrected chi connectivity index (χ0v) is 13.1. The molecule has 0 radical (unpaired) electrons. The molecule has 2 aromatic rings. The molecule has 0 atom stereocenters. The number of H-pyrrole nitrogens is 1. The third-order valence-corrected chi connectivity index (χ3v) is 3.57. The Kier molecular flexibility index (Phi) is 4.70. The molecule has 2 aromatic heterocycles. The van der Waals surface area contributed by atoms with Gasteiger partial charge >= 0.3 is 5.97 Å². The van der Waals surface area contributed by atoms with Crippen molar-refractivity contribution in [3.63, 3.8) is 0 Å². The summed E-state index contributed by atoms with van der Waals surface area (Å²) in [6, 6.07) is 5.53. The van der Waals surface area contributed by atoms with Gasteiger partial charge in [-0.05, 0) is 38.5 Å². The van der Waals surface area contributed by atoms with E-state index in [4.69, 9.17) is 0 Å². The van der Waals surface area contributed by atoms with Gasteiger partial charge < -0.3 is 20.0 Å². The van der Waals surface area contributed by atoms with E-state index in [1.807, 2.05) is 26.0 Å². The number of aryl methyl sites for hydroxylation is 2. The lowest BCUT2D eigenvalue weighted by Gasteiger charge is -2.12. The van der Waals surface area contributed by atoms with Crippen molar-refractivity contribution in [2.75, 3.05) is 6.54 Å². The number of aromatic carboxylic acids is 1. The molecule has 2 heterocycles. The minimum absolute atomic E-state index is 0.0439. The molecule has 0 aliphatic carbocycles. The van der Waals surface area contributed by atoms with Gasteiger partial charge in [-0.1, -0.05) is 0 Å². The second kappa shape index (κ2) is 6.51. The number of carbonyl (C=O) groups is 2. The minimum Gasteiger partial charge on any atom is -0.478 e. The van der Waals surface area contributed by atoms with Crippen LogP contribution >= 0.6 is 0 Å². The molecule has 0 saturated heterocycles. The molecule has 0 bridgehead atoms. The molecule has 0 unspecified atom stereocenters. The van der Waals surface area contributed by atoms with E-state index in [1.165, 1.54) is 6.92 Å². The van der Waals surface area contributed by atoms with Crippen LogP contribution < -0.4 is 5.32 Å². The maximum atomic E-state index is 11.4. The van der Waals surface area contributed by atoms with Gasteiger partial charge in [0.15, 0.2) is 0 Å². The normalized spacial score (nSPS) is 10.7. The van der Waals surface area contributed by atoms with Gasteiger partial charge in [0.1, 0.15) is 0 Å². The molecule has 2 rings (SSSR count). The third-order valence-electron chi connectivity index (χ3n) is 3.57. The van der Waals surface area contributed by atoms with Crippen LogP contribution in [0.1, 0.15) is 35.1 Å². The van der Waals surface area contributed by atoms with E-state index >= 15 is 0 Å². The van der Waals surface area contributed by atoms with E-state index in [2.05, 4.69) is 14.9 Å². The second-order valence-electron chi connectivity index (χ2n) is 5.39. The Bertz CT molecular complexity index is 698. The summed E-state index contributed by atoms with van der Waals surface area (Å²) in [4.78, 5) is 25.4. The lowest BCUT2D eigenvalue weighted by atomic mass is 10.2. The molecule has 22 heavy (non-hydrogen) atoms. The standard InChI is InChI=1S/C16H21N3O3/c1-10-9-13(16(21)22)15(18-10)14-6-5-11(2)19(14)8-4-7-17-12(3)20/h5-6,9,18H,4,7-8H2,1-3H3,(H,17,20)(H,21,22). The number of carbonyl (C=O) groups excluding carboxylic acids is 1. The molecule has 118 valence electrons. The highest BCUT2D eigenvalue weighted by atomic mass is 16.4. The maximum Gasteiger partial charge on any atom is 0.337 e. The molecular formula is C16H21N3O3. The predicted octanol–water partition coefficient (Wildman–Crippen LogP) is 2.32. The monoisotopic (exact) mass is 303 g/mol. The van der Waals surface area contributed by atoms with Gasteiger partial charge in [-0.25, -0.2) is 4.79 Å². The van der Waals surface area contributed by atoms with Crippen LogP contribution in [0, 0.1) is 13.8 Å². The Morgan fingerprint density at radius 2 is 2.05 bits per heavy atom. The first-order chi connectivity index (χ1) is 10.4. The summed E-state index contributed by atoms with van der Waals surface area (Å²) < 4.78 is 2.07. The van der Waals surface area contributed by atoms with Crippen LogP contribution in [0.3, 0.4) is 0 Å². The van der Waals surface area contributed by atoms with Crippen LogP contribution in [-0.2, 0) is 11.3 Å². The summed E-state index contributed by atoms with van der Waals surface area (Å²) in [5.41, 5.74) is 3.62. The Hall–Kier alpha value is -2.50. The molecule has 6 nitrogen and oxygen atoms in total. The summed E-state index contributed by atoms with van der Waals surface area (Å²) in [5.74, 6) is -0.986. The summed E-state index contributed by atoms with van der Waals surface area (Å²) >= 11 is 0. The number of carboxylic acids is 1. The Balaban J connectivity index is 2.26. The summed E-state index contributed by atoms with van der Waals surface area (Å²) in [7, 11) is 0. The molecule has 0 aliphatic heterocycles. The van der Waals surface area contributed by atoms with E-state index in [9.17, 15) is 14.7 Å². The molecule has 1 amide bonds. The van der Waals surface area contributed by atoms with Crippen LogP contribution in [0.2, 0.25) is 0 Å². The number of carboxylic acid groups (broad SMARTS) is 1. The van der Waals surface area contributed by atoms with Gasteiger partial charge in [-0.2, -0.15) is 0 Å². The summed E-state index contributed by atoms with van der Waals surface area (Å²) in [6.45, 7) is 6.63. The number of rotatable bonds is 6. The third kappa shape index (κ3) is 3.39. The zero-order valence-electron chi connectivity index (χ0n) is 13.1. The van der Waals surface area contributed by atoms with Crippen molar-refractivity contribution >= 4 is 11.9 Å². The van der Waals surface area contributed by atoms with E-state index in [0.717, 1.165) is 23.5 Å². The number of aromatic nitrogens is 2. The second-order valence-corrected chi connectivity index (χ2v) is 5.39. The average Bonchev–Trinajstić information content (AvgIpc) is 2.98. The highest BCUT2D eigenvalue weighted by molar-refractivity contribution is 5.95. The lowest BCUT2D eigenvalue weighted by Crippen LogP contribution is -2.22.